The third-order valence-corrected chi connectivity index (χ3v) is 4.37. The first-order valence-corrected chi connectivity index (χ1v) is 7.68. The quantitative estimate of drug-likeness (QED) is 0.937. The number of fused-ring (bicyclic) bond motifs is 1. The number of carbonyl (C=O) groups excluding carboxylic acids is 1. The summed E-state index contributed by atoms with van der Waals surface area (Å²) in [7, 11) is 0. The molecule has 1 aromatic heterocycles. The third kappa shape index (κ3) is 2.46. The van der Waals surface area contributed by atoms with Gasteiger partial charge in [-0.15, -0.1) is 0 Å². The van der Waals surface area contributed by atoms with Crippen LogP contribution in [0.15, 0.2) is 30.3 Å². The van der Waals surface area contributed by atoms with Crippen LogP contribution in [0.25, 0.3) is 10.9 Å². The van der Waals surface area contributed by atoms with Crippen molar-refractivity contribution >= 4 is 22.5 Å². The second kappa shape index (κ2) is 4.72. The average molecular weight is 281 g/mol. The lowest BCUT2D eigenvalue weighted by atomic mass is 10.1. The predicted octanol–water partition coefficient (Wildman–Crippen LogP) is 2.83. The summed E-state index contributed by atoms with van der Waals surface area (Å²) in [6.07, 6.45) is 4.76. The minimum absolute atomic E-state index is 0.0434. The molecule has 1 aromatic carbocycles. The van der Waals surface area contributed by atoms with E-state index in [0.29, 0.717) is 23.3 Å². The molecule has 2 aromatic rings. The molecule has 0 unspecified atom stereocenters. The van der Waals surface area contributed by atoms with E-state index >= 15 is 0 Å². The van der Waals surface area contributed by atoms with Crippen LogP contribution < -0.4 is 5.73 Å². The molecule has 2 N–H and O–H groups in total. The first-order chi connectivity index (χ1) is 10.2. The molecule has 0 atom stereocenters. The molecule has 0 spiro atoms. The van der Waals surface area contributed by atoms with E-state index in [2.05, 4.69) is 4.98 Å². The number of nitrogen functional groups attached to an aromatic ring is 1. The summed E-state index contributed by atoms with van der Waals surface area (Å²) in [5.74, 6) is 0.745. The number of nitrogens with two attached hydrogens (primary N) is 1. The number of benzene rings is 1. The Bertz CT molecular complexity index is 704. The molecule has 108 valence electrons. The second-order valence-electron chi connectivity index (χ2n) is 6.25. The Kier molecular flexibility index (Phi) is 2.84. The number of hydrogen-bond donors (Lipinski definition) is 1. The molecule has 1 amide bonds. The van der Waals surface area contributed by atoms with Gasteiger partial charge in [-0.3, -0.25) is 4.79 Å². The first kappa shape index (κ1) is 12.6. The number of anilines is 1. The van der Waals surface area contributed by atoms with Crippen LogP contribution in [0.4, 0.5) is 5.69 Å². The van der Waals surface area contributed by atoms with Crippen LogP contribution >= 0.6 is 0 Å². The molecule has 0 radical (unpaired) electrons. The molecule has 4 rings (SSSR count). The highest BCUT2D eigenvalue weighted by molar-refractivity contribution is 5.99. The van der Waals surface area contributed by atoms with E-state index in [1.165, 1.54) is 12.8 Å². The van der Waals surface area contributed by atoms with Crippen molar-refractivity contribution in [3.05, 3.63) is 36.0 Å². The Hall–Kier alpha value is -2.10. The second-order valence-corrected chi connectivity index (χ2v) is 6.25. The zero-order valence-electron chi connectivity index (χ0n) is 12.0. The lowest BCUT2D eigenvalue weighted by Crippen LogP contribution is -2.35. The molecular weight excluding hydrogens is 262 g/mol. The first-order valence-electron chi connectivity index (χ1n) is 7.68. The molecule has 0 bridgehead atoms. The van der Waals surface area contributed by atoms with Gasteiger partial charge in [0.25, 0.3) is 5.91 Å². The van der Waals surface area contributed by atoms with Gasteiger partial charge in [-0.05, 0) is 43.7 Å². The number of nitrogens with zero attached hydrogens (tertiary/aromatic N) is 2. The molecule has 2 saturated carbocycles. The fourth-order valence-corrected chi connectivity index (χ4v) is 2.82. The van der Waals surface area contributed by atoms with Gasteiger partial charge in [0.15, 0.2) is 0 Å². The van der Waals surface area contributed by atoms with Gasteiger partial charge in [-0.25, -0.2) is 4.98 Å². The summed E-state index contributed by atoms with van der Waals surface area (Å²) in [6.45, 7) is 0.887. The summed E-state index contributed by atoms with van der Waals surface area (Å²) in [5.41, 5.74) is 8.00. The Morgan fingerprint density at radius 2 is 2.00 bits per heavy atom. The van der Waals surface area contributed by atoms with Crippen molar-refractivity contribution < 1.29 is 4.79 Å². The molecule has 2 aliphatic carbocycles. The molecular formula is C17H19N3O. The fourth-order valence-electron chi connectivity index (χ4n) is 2.82. The van der Waals surface area contributed by atoms with Gasteiger partial charge in [0, 0.05) is 23.7 Å². The maximum absolute atomic E-state index is 12.8. The highest BCUT2D eigenvalue weighted by Crippen LogP contribution is 2.35. The van der Waals surface area contributed by atoms with Gasteiger partial charge in [-0.2, -0.15) is 0 Å². The standard InChI is InChI=1S/C17H19N3O/c18-14-9-16(19-15-4-2-1-3-13(14)15)17(21)20(12-7-8-12)10-11-5-6-11/h1-4,9,11-12H,5-8,10H2,(H2,18,19). The van der Waals surface area contributed by atoms with Crippen LogP contribution in [-0.4, -0.2) is 28.4 Å². The Morgan fingerprint density at radius 3 is 2.71 bits per heavy atom. The summed E-state index contributed by atoms with van der Waals surface area (Å²) in [6, 6.07) is 9.86. The highest BCUT2D eigenvalue weighted by Gasteiger charge is 2.37. The number of amides is 1. The normalized spacial score (nSPS) is 17.9. The average Bonchev–Trinajstić information content (AvgIpc) is 3.37. The number of rotatable bonds is 4. The molecule has 21 heavy (non-hydrogen) atoms. The van der Waals surface area contributed by atoms with Crippen molar-refractivity contribution in [2.24, 2.45) is 5.92 Å². The molecule has 4 heteroatoms. The maximum atomic E-state index is 12.8. The third-order valence-electron chi connectivity index (χ3n) is 4.37. The van der Waals surface area contributed by atoms with Crippen LogP contribution in [-0.2, 0) is 0 Å². The molecule has 0 saturated heterocycles. The number of pyridine rings is 1. The highest BCUT2D eigenvalue weighted by atomic mass is 16.2. The fraction of sp³-hybridized carbons (Fsp3) is 0.412. The summed E-state index contributed by atoms with van der Waals surface area (Å²) in [5, 5.41) is 0.911. The monoisotopic (exact) mass is 281 g/mol. The topological polar surface area (TPSA) is 59.2 Å². The molecule has 2 aliphatic rings. The van der Waals surface area contributed by atoms with Crippen LogP contribution in [0.1, 0.15) is 36.2 Å². The van der Waals surface area contributed by atoms with E-state index in [4.69, 9.17) is 5.73 Å². The van der Waals surface area contributed by atoms with Crippen LogP contribution in [0.5, 0.6) is 0 Å². The van der Waals surface area contributed by atoms with E-state index in [-0.39, 0.29) is 5.91 Å². The molecule has 2 fully saturated rings. The van der Waals surface area contributed by atoms with Crippen molar-refractivity contribution in [2.45, 2.75) is 31.7 Å². The van der Waals surface area contributed by atoms with Crippen molar-refractivity contribution in [3.8, 4) is 0 Å². The van der Waals surface area contributed by atoms with E-state index < -0.39 is 0 Å². The Balaban J connectivity index is 1.68. The SMILES string of the molecule is Nc1cc(C(=O)N(CC2CC2)C2CC2)nc2ccccc12. The number of carbonyl (C=O) groups is 1. The number of aromatic nitrogens is 1. The van der Waals surface area contributed by atoms with Crippen molar-refractivity contribution in [2.75, 3.05) is 12.3 Å². The summed E-state index contributed by atoms with van der Waals surface area (Å²) in [4.78, 5) is 19.3. The van der Waals surface area contributed by atoms with Gasteiger partial charge < -0.3 is 10.6 Å². The van der Waals surface area contributed by atoms with Crippen molar-refractivity contribution in [1.29, 1.82) is 0 Å². The minimum atomic E-state index is 0.0434. The Morgan fingerprint density at radius 1 is 1.24 bits per heavy atom. The largest absolute Gasteiger partial charge is 0.398 e. The summed E-state index contributed by atoms with van der Waals surface area (Å²) >= 11 is 0. The van der Waals surface area contributed by atoms with E-state index in [0.717, 1.165) is 30.3 Å². The van der Waals surface area contributed by atoms with Crippen LogP contribution in [0, 0.1) is 5.92 Å². The smallest absolute Gasteiger partial charge is 0.272 e. The summed E-state index contributed by atoms with van der Waals surface area (Å²) < 4.78 is 0. The lowest BCUT2D eigenvalue weighted by Gasteiger charge is -2.22. The van der Waals surface area contributed by atoms with Gasteiger partial charge >= 0.3 is 0 Å². The van der Waals surface area contributed by atoms with Crippen molar-refractivity contribution in [3.63, 3.8) is 0 Å². The van der Waals surface area contributed by atoms with Gasteiger partial charge in [0.1, 0.15) is 5.69 Å². The molecule has 1 heterocycles. The van der Waals surface area contributed by atoms with Crippen molar-refractivity contribution in [1.82, 2.24) is 9.88 Å². The van der Waals surface area contributed by atoms with E-state index in [1.807, 2.05) is 29.2 Å². The number of para-hydroxylation sites is 1. The van der Waals surface area contributed by atoms with E-state index in [9.17, 15) is 4.79 Å². The zero-order valence-corrected chi connectivity index (χ0v) is 12.0. The predicted molar refractivity (Wildman–Crippen MR) is 82.9 cm³/mol. The molecule has 4 nitrogen and oxygen atoms in total. The van der Waals surface area contributed by atoms with Gasteiger partial charge in [-0.1, -0.05) is 18.2 Å². The molecule has 0 aliphatic heterocycles. The van der Waals surface area contributed by atoms with Gasteiger partial charge in [0.2, 0.25) is 0 Å². The minimum Gasteiger partial charge on any atom is -0.398 e. The zero-order chi connectivity index (χ0) is 14.4. The van der Waals surface area contributed by atoms with E-state index in [1.54, 1.807) is 6.07 Å². The Labute approximate surface area is 124 Å². The number of hydrogen-bond acceptors (Lipinski definition) is 3. The maximum Gasteiger partial charge on any atom is 0.272 e. The van der Waals surface area contributed by atoms with Crippen LogP contribution in [0.2, 0.25) is 0 Å². The van der Waals surface area contributed by atoms with Gasteiger partial charge in [0.05, 0.1) is 5.52 Å². The lowest BCUT2D eigenvalue weighted by molar-refractivity contribution is 0.0729. The van der Waals surface area contributed by atoms with Crippen LogP contribution in [0.3, 0.4) is 0 Å².